The number of amides is 3. The van der Waals surface area contributed by atoms with Crippen molar-refractivity contribution in [3.05, 3.63) is 53.1 Å². The molecule has 0 saturated carbocycles. The van der Waals surface area contributed by atoms with Crippen LogP contribution in [0.5, 0.6) is 11.5 Å². The van der Waals surface area contributed by atoms with E-state index in [2.05, 4.69) is 5.32 Å². The minimum Gasteiger partial charge on any atom is -0.493 e. The first-order chi connectivity index (χ1) is 15.7. The van der Waals surface area contributed by atoms with Crippen molar-refractivity contribution in [1.82, 2.24) is 4.90 Å². The van der Waals surface area contributed by atoms with E-state index in [1.165, 1.54) is 27.2 Å². The van der Waals surface area contributed by atoms with E-state index < -0.39 is 23.8 Å². The van der Waals surface area contributed by atoms with E-state index in [0.29, 0.717) is 17.1 Å². The van der Waals surface area contributed by atoms with Gasteiger partial charge in [0.05, 0.1) is 49.6 Å². The molecule has 33 heavy (non-hydrogen) atoms. The van der Waals surface area contributed by atoms with Gasteiger partial charge in [-0.05, 0) is 43.7 Å². The second-order valence-electron chi connectivity index (χ2n) is 7.76. The number of methoxy groups -OCH3 is 2. The van der Waals surface area contributed by atoms with Crippen molar-refractivity contribution < 1.29 is 33.4 Å². The lowest BCUT2D eigenvalue weighted by molar-refractivity contribution is -0.141. The van der Waals surface area contributed by atoms with Gasteiger partial charge in [0.1, 0.15) is 0 Å². The summed E-state index contributed by atoms with van der Waals surface area (Å²) in [5.74, 6) is -1.27. The number of carbonyl (C=O) groups excluding carboxylic acids is 4. The summed E-state index contributed by atoms with van der Waals surface area (Å²) in [5, 5.41) is 2.59. The molecule has 0 bridgehead atoms. The molecule has 9 nitrogen and oxygen atoms in total. The van der Waals surface area contributed by atoms with Crippen LogP contribution in [0.2, 0.25) is 0 Å². The van der Waals surface area contributed by atoms with Crippen LogP contribution in [0.1, 0.15) is 59.5 Å². The third-order valence-corrected chi connectivity index (χ3v) is 5.09. The number of nitrogens with one attached hydrogen (secondary N) is 1. The number of benzene rings is 2. The zero-order chi connectivity index (χ0) is 24.3. The van der Waals surface area contributed by atoms with E-state index >= 15 is 0 Å². The second-order valence-corrected chi connectivity index (χ2v) is 7.76. The monoisotopic (exact) mass is 454 g/mol. The van der Waals surface area contributed by atoms with Gasteiger partial charge in [0, 0.05) is 6.92 Å². The Kier molecular flexibility index (Phi) is 7.01. The van der Waals surface area contributed by atoms with Crippen LogP contribution in [0, 0.1) is 0 Å². The summed E-state index contributed by atoms with van der Waals surface area (Å²) < 4.78 is 16.0. The van der Waals surface area contributed by atoms with E-state index in [1.54, 1.807) is 30.3 Å². The maximum Gasteiger partial charge on any atom is 0.307 e. The zero-order valence-corrected chi connectivity index (χ0v) is 19.1. The molecular formula is C24H26N2O7. The number of ether oxygens (including phenoxy) is 3. The molecule has 3 rings (SSSR count). The molecular weight excluding hydrogens is 428 g/mol. The largest absolute Gasteiger partial charge is 0.493 e. The first kappa shape index (κ1) is 23.8. The summed E-state index contributed by atoms with van der Waals surface area (Å²) in [7, 11) is 2.74. The van der Waals surface area contributed by atoms with Crippen LogP contribution < -0.4 is 14.8 Å². The molecule has 1 unspecified atom stereocenters. The Morgan fingerprint density at radius 3 is 2.36 bits per heavy atom. The highest BCUT2D eigenvalue weighted by atomic mass is 16.5. The van der Waals surface area contributed by atoms with Crippen LogP contribution in [0.3, 0.4) is 0 Å². The van der Waals surface area contributed by atoms with Gasteiger partial charge in [-0.15, -0.1) is 0 Å². The molecule has 0 radical (unpaired) electrons. The summed E-state index contributed by atoms with van der Waals surface area (Å²) in [6.45, 7) is 5.02. The summed E-state index contributed by atoms with van der Waals surface area (Å²) in [5.41, 5.74) is 0.955. The molecule has 2 aromatic carbocycles. The molecule has 1 atom stereocenters. The molecule has 9 heteroatoms. The van der Waals surface area contributed by atoms with Crippen LogP contribution in [0.25, 0.3) is 0 Å². The molecule has 174 valence electrons. The highest BCUT2D eigenvalue weighted by Gasteiger charge is 2.43. The lowest BCUT2D eigenvalue weighted by atomic mass is 10.0. The fraction of sp³-hybridized carbons (Fsp3) is 0.333. The number of hydrogen-bond acceptors (Lipinski definition) is 7. The molecule has 3 amide bonds. The number of anilines is 1. The van der Waals surface area contributed by atoms with Crippen molar-refractivity contribution in [2.24, 2.45) is 0 Å². The van der Waals surface area contributed by atoms with Gasteiger partial charge in [-0.2, -0.15) is 0 Å². The van der Waals surface area contributed by atoms with Crippen molar-refractivity contribution in [3.8, 4) is 11.5 Å². The standard InChI is InChI=1S/C24H26N2O7/c1-13(2)33-20-11-15(9-10-19(20)31-4)18(12-21(28)32-5)26-23(29)16-7-6-8-17(25-14(3)27)22(16)24(26)30/h6-11,13,18H,12H2,1-5H3,(H,25,27). The van der Waals surface area contributed by atoms with Crippen molar-refractivity contribution in [3.63, 3.8) is 0 Å². The topological polar surface area (TPSA) is 111 Å². The Bertz CT molecular complexity index is 1110. The van der Waals surface area contributed by atoms with E-state index in [1.807, 2.05) is 13.8 Å². The third kappa shape index (κ3) is 4.82. The second kappa shape index (κ2) is 9.72. The predicted octanol–water partition coefficient (Wildman–Crippen LogP) is 3.34. The highest BCUT2D eigenvalue weighted by molar-refractivity contribution is 6.24. The summed E-state index contributed by atoms with van der Waals surface area (Å²) in [6, 6.07) is 8.64. The molecule has 1 heterocycles. The van der Waals surface area contributed by atoms with Crippen LogP contribution in [-0.2, 0) is 14.3 Å². The van der Waals surface area contributed by atoms with Gasteiger partial charge in [-0.25, -0.2) is 0 Å². The first-order valence-electron chi connectivity index (χ1n) is 10.4. The highest BCUT2D eigenvalue weighted by Crippen LogP contribution is 2.39. The normalized spacial score (nSPS) is 13.6. The number of fused-ring (bicyclic) bond motifs is 1. The Morgan fingerprint density at radius 2 is 1.76 bits per heavy atom. The average molecular weight is 454 g/mol. The molecule has 1 N–H and O–H groups in total. The Morgan fingerprint density at radius 1 is 1.03 bits per heavy atom. The van der Waals surface area contributed by atoms with Crippen molar-refractivity contribution in [2.75, 3.05) is 19.5 Å². The molecule has 0 aromatic heterocycles. The Balaban J connectivity index is 2.10. The van der Waals surface area contributed by atoms with Gasteiger partial charge in [0.2, 0.25) is 5.91 Å². The lowest BCUT2D eigenvalue weighted by Gasteiger charge is -2.27. The third-order valence-electron chi connectivity index (χ3n) is 5.09. The predicted molar refractivity (Wildman–Crippen MR) is 119 cm³/mol. The van der Waals surface area contributed by atoms with Gasteiger partial charge < -0.3 is 19.5 Å². The molecule has 1 aliphatic rings. The summed E-state index contributed by atoms with van der Waals surface area (Å²) in [6.07, 6.45) is -0.419. The molecule has 0 saturated heterocycles. The minimum absolute atomic E-state index is 0.0831. The number of carbonyl (C=O) groups is 4. The summed E-state index contributed by atoms with van der Waals surface area (Å²) in [4.78, 5) is 51.6. The van der Waals surface area contributed by atoms with Crippen LogP contribution >= 0.6 is 0 Å². The minimum atomic E-state index is -0.963. The smallest absolute Gasteiger partial charge is 0.307 e. The number of hydrogen-bond donors (Lipinski definition) is 1. The van der Waals surface area contributed by atoms with E-state index in [0.717, 1.165) is 4.90 Å². The maximum absolute atomic E-state index is 13.4. The van der Waals surface area contributed by atoms with Gasteiger partial charge in [0.25, 0.3) is 11.8 Å². The SMILES string of the molecule is COC(=O)CC(c1ccc(OC)c(OC(C)C)c1)N1C(=O)c2cccc(NC(C)=O)c2C1=O. The molecule has 0 aliphatic carbocycles. The van der Waals surface area contributed by atoms with Gasteiger partial charge in [0.15, 0.2) is 11.5 Å². The lowest BCUT2D eigenvalue weighted by Crippen LogP contribution is -2.35. The Labute approximate surface area is 191 Å². The van der Waals surface area contributed by atoms with Crippen LogP contribution in [0.15, 0.2) is 36.4 Å². The maximum atomic E-state index is 13.4. The summed E-state index contributed by atoms with van der Waals surface area (Å²) >= 11 is 0. The van der Waals surface area contributed by atoms with Crippen molar-refractivity contribution >= 4 is 29.4 Å². The molecule has 1 aliphatic heterocycles. The number of imide groups is 1. The molecule has 2 aromatic rings. The number of nitrogens with zero attached hydrogens (tertiary/aromatic N) is 1. The van der Waals surface area contributed by atoms with Crippen molar-refractivity contribution in [1.29, 1.82) is 0 Å². The quantitative estimate of drug-likeness (QED) is 0.481. The average Bonchev–Trinajstić information content (AvgIpc) is 3.02. The Hall–Kier alpha value is -3.88. The molecule has 0 fully saturated rings. The first-order valence-corrected chi connectivity index (χ1v) is 10.4. The van der Waals surface area contributed by atoms with Gasteiger partial charge in [-0.1, -0.05) is 12.1 Å². The van der Waals surface area contributed by atoms with E-state index in [4.69, 9.17) is 14.2 Å². The van der Waals surface area contributed by atoms with Crippen LogP contribution in [-0.4, -0.2) is 48.9 Å². The van der Waals surface area contributed by atoms with E-state index in [-0.39, 0.29) is 35.2 Å². The van der Waals surface area contributed by atoms with Gasteiger partial charge in [-0.3, -0.25) is 24.1 Å². The van der Waals surface area contributed by atoms with Crippen molar-refractivity contribution in [2.45, 2.75) is 39.3 Å². The zero-order valence-electron chi connectivity index (χ0n) is 19.1. The van der Waals surface area contributed by atoms with Crippen LogP contribution in [0.4, 0.5) is 5.69 Å². The number of esters is 1. The fourth-order valence-electron chi connectivity index (χ4n) is 3.73. The van der Waals surface area contributed by atoms with Gasteiger partial charge >= 0.3 is 5.97 Å². The number of rotatable bonds is 8. The fourth-order valence-corrected chi connectivity index (χ4v) is 3.73. The van der Waals surface area contributed by atoms with E-state index in [9.17, 15) is 19.2 Å². The molecule has 0 spiro atoms.